The van der Waals surface area contributed by atoms with E-state index in [1.54, 1.807) is 7.05 Å². The van der Waals surface area contributed by atoms with Crippen molar-refractivity contribution in [3.63, 3.8) is 0 Å². The van der Waals surface area contributed by atoms with E-state index in [4.69, 9.17) is 4.74 Å². The third-order valence-corrected chi connectivity index (χ3v) is 3.55. The summed E-state index contributed by atoms with van der Waals surface area (Å²) < 4.78 is 6.89. The number of ether oxygens (including phenoxy) is 1. The van der Waals surface area contributed by atoms with Crippen LogP contribution < -0.4 is 0 Å². The first-order chi connectivity index (χ1) is 10.5. The van der Waals surface area contributed by atoms with Crippen LogP contribution in [0.15, 0.2) is 36.5 Å². The van der Waals surface area contributed by atoms with E-state index in [1.807, 2.05) is 48.2 Å². The standard InChI is InChI=1S/C17H22N2O3/c1-18-10-13(15-6-4-5-7-16(15)18)8-9-17(21)19(2)11-14(20)12-22-3/h4-10,14,20H,11-12H2,1-3H3/b9-8+. The first-order valence-electron chi connectivity index (χ1n) is 7.17. The average Bonchev–Trinajstić information content (AvgIpc) is 2.82. The highest BCUT2D eigenvalue weighted by atomic mass is 16.5. The predicted molar refractivity (Wildman–Crippen MR) is 87.5 cm³/mol. The number of para-hydroxylation sites is 1. The van der Waals surface area contributed by atoms with Crippen LogP contribution in [0.25, 0.3) is 17.0 Å². The van der Waals surface area contributed by atoms with Crippen LogP contribution in [-0.4, -0.2) is 53.9 Å². The summed E-state index contributed by atoms with van der Waals surface area (Å²) in [5.74, 6) is -0.150. The minimum atomic E-state index is -0.676. The largest absolute Gasteiger partial charge is 0.389 e. The molecule has 0 aliphatic heterocycles. The molecule has 5 nitrogen and oxygen atoms in total. The normalized spacial score (nSPS) is 12.9. The molecular weight excluding hydrogens is 280 g/mol. The molecule has 1 atom stereocenters. The smallest absolute Gasteiger partial charge is 0.246 e. The molecule has 0 spiro atoms. The van der Waals surface area contributed by atoms with Gasteiger partial charge in [-0.1, -0.05) is 18.2 Å². The van der Waals surface area contributed by atoms with Crippen molar-refractivity contribution in [3.05, 3.63) is 42.1 Å². The van der Waals surface area contributed by atoms with Gasteiger partial charge in [0.15, 0.2) is 0 Å². The molecule has 0 aliphatic rings. The molecule has 0 radical (unpaired) electrons. The molecule has 5 heteroatoms. The van der Waals surface area contributed by atoms with Gasteiger partial charge in [-0.2, -0.15) is 0 Å². The predicted octanol–water partition coefficient (Wildman–Crippen LogP) is 1.66. The van der Waals surface area contributed by atoms with Crippen LogP contribution in [0, 0.1) is 0 Å². The third-order valence-electron chi connectivity index (χ3n) is 3.55. The highest BCUT2D eigenvalue weighted by Crippen LogP contribution is 2.21. The van der Waals surface area contributed by atoms with Crippen molar-refractivity contribution in [3.8, 4) is 0 Å². The van der Waals surface area contributed by atoms with Gasteiger partial charge in [0.2, 0.25) is 5.91 Å². The van der Waals surface area contributed by atoms with E-state index in [1.165, 1.54) is 18.1 Å². The Hall–Kier alpha value is -2.11. The Balaban J connectivity index is 2.08. The van der Waals surface area contributed by atoms with Crippen LogP contribution in [0.5, 0.6) is 0 Å². The van der Waals surface area contributed by atoms with Crippen molar-refractivity contribution in [2.45, 2.75) is 6.10 Å². The second-order valence-corrected chi connectivity index (χ2v) is 5.37. The SMILES string of the molecule is COCC(O)CN(C)C(=O)/C=C/c1cn(C)c2ccccc12. The van der Waals surface area contributed by atoms with Crippen LogP contribution in [0.3, 0.4) is 0 Å². The highest BCUT2D eigenvalue weighted by molar-refractivity contribution is 5.96. The molecule has 2 aromatic rings. The molecular formula is C17H22N2O3. The summed E-state index contributed by atoms with van der Waals surface area (Å²) in [7, 11) is 5.16. The third kappa shape index (κ3) is 3.75. The lowest BCUT2D eigenvalue weighted by atomic mass is 10.1. The Morgan fingerprint density at radius 1 is 1.45 bits per heavy atom. The fourth-order valence-corrected chi connectivity index (χ4v) is 2.45. The Morgan fingerprint density at radius 3 is 2.91 bits per heavy atom. The van der Waals surface area contributed by atoms with E-state index < -0.39 is 6.10 Å². The lowest BCUT2D eigenvalue weighted by Gasteiger charge is -2.18. The number of amides is 1. The van der Waals surface area contributed by atoms with E-state index in [0.29, 0.717) is 0 Å². The van der Waals surface area contributed by atoms with Crippen LogP contribution >= 0.6 is 0 Å². The van der Waals surface area contributed by atoms with Gasteiger partial charge in [0.1, 0.15) is 0 Å². The fourth-order valence-electron chi connectivity index (χ4n) is 2.45. The molecule has 1 heterocycles. The molecule has 118 valence electrons. The van der Waals surface area contributed by atoms with Crippen molar-refractivity contribution in [2.24, 2.45) is 7.05 Å². The molecule has 0 saturated heterocycles. The van der Waals surface area contributed by atoms with Crippen LogP contribution in [0.2, 0.25) is 0 Å². The number of carbonyl (C=O) groups excluding carboxylic acids is 1. The van der Waals surface area contributed by atoms with E-state index in [2.05, 4.69) is 0 Å². The molecule has 1 N–H and O–H groups in total. The number of carbonyl (C=O) groups is 1. The van der Waals surface area contributed by atoms with E-state index in [-0.39, 0.29) is 19.1 Å². The molecule has 0 aliphatic carbocycles. The quantitative estimate of drug-likeness (QED) is 0.826. The number of aliphatic hydroxyl groups is 1. The first kappa shape index (κ1) is 16.3. The van der Waals surface area contributed by atoms with Gasteiger partial charge in [-0.15, -0.1) is 0 Å². The van der Waals surface area contributed by atoms with Crippen molar-refractivity contribution >= 4 is 22.9 Å². The number of likely N-dealkylation sites (N-methyl/N-ethyl adjacent to an activating group) is 1. The number of rotatable bonds is 6. The minimum absolute atomic E-state index is 0.150. The Kier molecular flexibility index (Phi) is 5.35. The van der Waals surface area contributed by atoms with Crippen molar-refractivity contribution in [1.29, 1.82) is 0 Å². The summed E-state index contributed by atoms with van der Waals surface area (Å²) in [6.07, 6.45) is 4.66. The molecule has 22 heavy (non-hydrogen) atoms. The molecule has 1 aromatic heterocycles. The van der Waals surface area contributed by atoms with E-state index >= 15 is 0 Å². The highest BCUT2D eigenvalue weighted by Gasteiger charge is 2.11. The van der Waals surface area contributed by atoms with Crippen molar-refractivity contribution in [1.82, 2.24) is 9.47 Å². The Bertz CT molecular complexity index is 676. The Morgan fingerprint density at radius 2 is 2.18 bits per heavy atom. The zero-order chi connectivity index (χ0) is 16.1. The van der Waals surface area contributed by atoms with Gasteiger partial charge in [0, 0.05) is 56.5 Å². The molecule has 0 fully saturated rings. The summed E-state index contributed by atoms with van der Waals surface area (Å²) in [6, 6.07) is 8.05. The number of benzene rings is 1. The van der Waals surface area contributed by atoms with Crippen LogP contribution in [0.1, 0.15) is 5.56 Å². The molecule has 1 amide bonds. The monoisotopic (exact) mass is 302 g/mol. The summed E-state index contributed by atoms with van der Waals surface area (Å²) >= 11 is 0. The lowest BCUT2D eigenvalue weighted by Crippen LogP contribution is -2.35. The average molecular weight is 302 g/mol. The van der Waals surface area contributed by atoms with Gasteiger partial charge in [0.25, 0.3) is 0 Å². The number of hydrogen-bond acceptors (Lipinski definition) is 3. The van der Waals surface area contributed by atoms with Crippen molar-refractivity contribution < 1.29 is 14.6 Å². The zero-order valence-electron chi connectivity index (χ0n) is 13.2. The summed E-state index contributed by atoms with van der Waals surface area (Å²) in [5.41, 5.74) is 2.12. The van der Waals surface area contributed by atoms with Gasteiger partial charge in [-0.3, -0.25) is 4.79 Å². The number of aliphatic hydroxyl groups excluding tert-OH is 1. The summed E-state index contributed by atoms with van der Waals surface area (Å²) in [5, 5.41) is 10.8. The lowest BCUT2D eigenvalue weighted by molar-refractivity contribution is -0.126. The fraction of sp³-hybridized carbons (Fsp3) is 0.353. The first-order valence-corrected chi connectivity index (χ1v) is 7.17. The zero-order valence-corrected chi connectivity index (χ0v) is 13.2. The Labute approximate surface area is 130 Å². The van der Waals surface area contributed by atoms with E-state index in [9.17, 15) is 9.90 Å². The van der Waals surface area contributed by atoms with Crippen LogP contribution in [-0.2, 0) is 16.6 Å². The maximum atomic E-state index is 12.1. The molecule has 1 aromatic carbocycles. The van der Waals surface area contributed by atoms with Crippen LogP contribution in [0.4, 0.5) is 0 Å². The van der Waals surface area contributed by atoms with Gasteiger partial charge < -0.3 is 19.3 Å². The number of methoxy groups -OCH3 is 1. The topological polar surface area (TPSA) is 54.7 Å². The molecule has 0 bridgehead atoms. The number of aryl methyl sites for hydroxylation is 1. The number of hydrogen-bond donors (Lipinski definition) is 1. The molecule has 0 saturated carbocycles. The number of nitrogens with zero attached hydrogens (tertiary/aromatic N) is 2. The maximum absolute atomic E-state index is 12.1. The van der Waals surface area contributed by atoms with Gasteiger partial charge >= 0.3 is 0 Å². The molecule has 1 unspecified atom stereocenters. The number of fused-ring (bicyclic) bond motifs is 1. The summed E-state index contributed by atoms with van der Waals surface area (Å²) in [4.78, 5) is 13.6. The molecule has 2 rings (SSSR count). The van der Waals surface area contributed by atoms with Gasteiger partial charge in [-0.25, -0.2) is 0 Å². The second kappa shape index (κ2) is 7.24. The van der Waals surface area contributed by atoms with Gasteiger partial charge in [0.05, 0.1) is 12.7 Å². The summed E-state index contributed by atoms with van der Waals surface area (Å²) in [6.45, 7) is 0.456. The second-order valence-electron chi connectivity index (χ2n) is 5.37. The van der Waals surface area contributed by atoms with Gasteiger partial charge in [-0.05, 0) is 12.1 Å². The number of aromatic nitrogens is 1. The van der Waals surface area contributed by atoms with E-state index in [0.717, 1.165) is 16.5 Å². The minimum Gasteiger partial charge on any atom is -0.389 e. The van der Waals surface area contributed by atoms with Crippen molar-refractivity contribution in [2.75, 3.05) is 27.3 Å². The maximum Gasteiger partial charge on any atom is 0.246 e.